The van der Waals surface area contributed by atoms with Crippen LogP contribution in [0.4, 0.5) is 0 Å². The van der Waals surface area contributed by atoms with Gasteiger partial charge in [0.15, 0.2) is 17.3 Å². The monoisotopic (exact) mass is 412 g/mol. The summed E-state index contributed by atoms with van der Waals surface area (Å²) < 4.78 is 22.8. The van der Waals surface area contributed by atoms with Gasteiger partial charge in [-0.25, -0.2) is 0 Å². The van der Waals surface area contributed by atoms with Crippen molar-refractivity contribution in [3.05, 3.63) is 18.0 Å². The van der Waals surface area contributed by atoms with Gasteiger partial charge in [0.25, 0.3) is 5.89 Å². The number of hydrogen-bond donors (Lipinski definition) is 1. The molecule has 0 amide bonds. The topological polar surface area (TPSA) is 81.9 Å². The maximum absolute atomic E-state index is 5.77. The minimum Gasteiger partial charge on any atom is -0.490 e. The van der Waals surface area contributed by atoms with Crippen LogP contribution in [0.25, 0.3) is 11.5 Å². The lowest BCUT2D eigenvalue weighted by molar-refractivity contribution is 0.190. The van der Waals surface area contributed by atoms with Gasteiger partial charge in [-0.15, -0.1) is 12.4 Å². The molecule has 0 aliphatic carbocycles. The summed E-state index contributed by atoms with van der Waals surface area (Å²) in [6.45, 7) is 10.0. The first kappa shape index (κ1) is 22.3. The third kappa shape index (κ3) is 4.87. The van der Waals surface area contributed by atoms with Crippen molar-refractivity contribution in [2.24, 2.45) is 0 Å². The van der Waals surface area contributed by atoms with Gasteiger partial charge in [0, 0.05) is 25.2 Å². The fraction of sp³-hybridized carbons (Fsp3) is 0.579. The Bertz CT molecular complexity index is 728. The van der Waals surface area contributed by atoms with E-state index < -0.39 is 0 Å². The van der Waals surface area contributed by atoms with E-state index in [9.17, 15) is 0 Å². The fourth-order valence-corrected chi connectivity index (χ4v) is 3.09. The molecule has 2 aromatic rings. The van der Waals surface area contributed by atoms with Crippen LogP contribution in [0.3, 0.4) is 0 Å². The Balaban J connectivity index is 0.00000280. The van der Waals surface area contributed by atoms with Crippen LogP contribution in [0.1, 0.15) is 32.6 Å². The van der Waals surface area contributed by atoms with Crippen molar-refractivity contribution in [3.63, 3.8) is 0 Å². The number of rotatable bonds is 8. The standard InChI is InChI=1S/C19H28N4O4.ClH/c1-5-24-15-10-13(11-16(25-6-2)17(15)26-7-3)19-21-18(22-27-19)14-12-20-8-9-23(14)4;/h10-11,14,20H,5-9,12H2,1-4H3;1H. The number of piperazine rings is 1. The lowest BCUT2D eigenvalue weighted by Gasteiger charge is -2.30. The van der Waals surface area contributed by atoms with Crippen LogP contribution >= 0.6 is 12.4 Å². The Morgan fingerprint density at radius 2 is 1.75 bits per heavy atom. The summed E-state index contributed by atoms with van der Waals surface area (Å²) in [6.07, 6.45) is 0. The van der Waals surface area contributed by atoms with Gasteiger partial charge in [0.2, 0.25) is 5.75 Å². The van der Waals surface area contributed by atoms with E-state index in [1.807, 2.05) is 32.9 Å². The molecule has 1 atom stereocenters. The first-order valence-electron chi connectivity index (χ1n) is 9.49. The highest BCUT2D eigenvalue weighted by atomic mass is 35.5. The summed E-state index contributed by atoms with van der Waals surface area (Å²) in [6, 6.07) is 3.81. The highest BCUT2D eigenvalue weighted by molar-refractivity contribution is 5.85. The number of likely N-dealkylation sites (N-methyl/N-ethyl adjacent to an activating group) is 1. The Kier molecular flexibility index (Phi) is 8.35. The first-order valence-corrected chi connectivity index (χ1v) is 9.49. The Hall–Kier alpha value is -2.03. The molecule has 1 aliphatic rings. The normalized spacial score (nSPS) is 17.1. The number of benzene rings is 1. The van der Waals surface area contributed by atoms with Crippen molar-refractivity contribution in [1.29, 1.82) is 0 Å². The molecule has 156 valence electrons. The third-order valence-electron chi connectivity index (χ3n) is 4.41. The summed E-state index contributed by atoms with van der Waals surface area (Å²) in [4.78, 5) is 6.84. The molecule has 0 saturated carbocycles. The second-order valence-corrected chi connectivity index (χ2v) is 6.26. The summed E-state index contributed by atoms with van der Waals surface area (Å²) in [7, 11) is 2.07. The third-order valence-corrected chi connectivity index (χ3v) is 4.41. The van der Waals surface area contributed by atoms with Crippen molar-refractivity contribution in [2.75, 3.05) is 46.5 Å². The fourth-order valence-electron chi connectivity index (χ4n) is 3.09. The molecule has 1 N–H and O–H groups in total. The first-order chi connectivity index (χ1) is 13.2. The molecule has 0 bridgehead atoms. The van der Waals surface area contributed by atoms with Crippen molar-refractivity contribution in [1.82, 2.24) is 20.4 Å². The van der Waals surface area contributed by atoms with Gasteiger partial charge in [0.1, 0.15) is 0 Å². The van der Waals surface area contributed by atoms with Gasteiger partial charge in [-0.3, -0.25) is 4.90 Å². The molecule has 0 radical (unpaired) electrons. The second kappa shape index (κ2) is 10.5. The quantitative estimate of drug-likeness (QED) is 0.708. The van der Waals surface area contributed by atoms with Gasteiger partial charge in [0.05, 0.1) is 25.9 Å². The molecule has 1 aliphatic heterocycles. The second-order valence-electron chi connectivity index (χ2n) is 6.26. The average molecular weight is 413 g/mol. The smallest absolute Gasteiger partial charge is 0.258 e. The van der Waals surface area contributed by atoms with Gasteiger partial charge in [-0.05, 0) is 40.0 Å². The maximum Gasteiger partial charge on any atom is 0.258 e. The van der Waals surface area contributed by atoms with Crippen molar-refractivity contribution < 1.29 is 18.7 Å². The average Bonchev–Trinajstić information content (AvgIpc) is 3.15. The molecule has 8 nitrogen and oxygen atoms in total. The molecule has 9 heteroatoms. The van der Waals surface area contributed by atoms with Crippen LogP contribution in [0.5, 0.6) is 17.2 Å². The number of nitrogens with zero attached hydrogens (tertiary/aromatic N) is 3. The van der Waals surface area contributed by atoms with E-state index in [-0.39, 0.29) is 18.4 Å². The molecule has 0 spiro atoms. The molecule has 3 rings (SSSR count). The maximum atomic E-state index is 5.77. The summed E-state index contributed by atoms with van der Waals surface area (Å²) >= 11 is 0. The minimum absolute atomic E-state index is 0. The van der Waals surface area contributed by atoms with E-state index in [1.54, 1.807) is 0 Å². The van der Waals surface area contributed by atoms with Gasteiger partial charge in [-0.2, -0.15) is 4.98 Å². The van der Waals surface area contributed by atoms with Crippen molar-refractivity contribution >= 4 is 12.4 Å². The van der Waals surface area contributed by atoms with E-state index in [2.05, 4.69) is 27.4 Å². The summed E-state index contributed by atoms with van der Waals surface area (Å²) in [5.41, 5.74) is 0.746. The van der Waals surface area contributed by atoms with Gasteiger partial charge < -0.3 is 24.1 Å². The minimum atomic E-state index is 0. The van der Waals surface area contributed by atoms with Crippen LogP contribution in [-0.2, 0) is 0 Å². The number of ether oxygens (including phenoxy) is 3. The Labute approximate surface area is 171 Å². The zero-order valence-electron chi connectivity index (χ0n) is 16.9. The van der Waals surface area contributed by atoms with Gasteiger partial charge in [-0.1, -0.05) is 5.16 Å². The molecule has 2 heterocycles. The van der Waals surface area contributed by atoms with Crippen molar-refractivity contribution in [2.45, 2.75) is 26.8 Å². The zero-order valence-corrected chi connectivity index (χ0v) is 17.7. The van der Waals surface area contributed by atoms with E-state index in [0.29, 0.717) is 48.8 Å². The van der Waals surface area contributed by atoms with Crippen molar-refractivity contribution in [3.8, 4) is 28.7 Å². The highest BCUT2D eigenvalue weighted by Gasteiger charge is 2.26. The van der Waals surface area contributed by atoms with E-state index in [0.717, 1.165) is 25.2 Å². The molecule has 1 aromatic heterocycles. The van der Waals surface area contributed by atoms with Crippen LogP contribution in [0, 0.1) is 0 Å². The SMILES string of the molecule is CCOc1cc(-c2nc(C3CNCCN3C)no2)cc(OCC)c1OCC.Cl. The summed E-state index contributed by atoms with van der Waals surface area (Å²) in [5, 5.41) is 7.56. The largest absolute Gasteiger partial charge is 0.490 e. The van der Waals surface area contributed by atoms with E-state index in [1.165, 1.54) is 0 Å². The number of hydrogen-bond acceptors (Lipinski definition) is 8. The Morgan fingerprint density at radius 3 is 2.32 bits per heavy atom. The van der Waals surface area contributed by atoms with Crippen LogP contribution in [0.2, 0.25) is 0 Å². The number of halogens is 1. The molecular weight excluding hydrogens is 384 g/mol. The number of aromatic nitrogens is 2. The molecule has 1 saturated heterocycles. The van der Waals surface area contributed by atoms with E-state index in [4.69, 9.17) is 18.7 Å². The molecule has 1 aromatic carbocycles. The highest BCUT2D eigenvalue weighted by Crippen LogP contribution is 2.41. The Morgan fingerprint density at radius 1 is 1.11 bits per heavy atom. The lowest BCUT2D eigenvalue weighted by Crippen LogP contribution is -2.44. The molecular formula is C19H29ClN4O4. The molecule has 1 unspecified atom stereocenters. The van der Waals surface area contributed by atoms with Crippen LogP contribution in [-0.4, -0.2) is 61.5 Å². The lowest BCUT2D eigenvalue weighted by atomic mass is 10.1. The summed E-state index contributed by atoms with van der Waals surface area (Å²) in [5.74, 6) is 2.92. The van der Waals surface area contributed by atoms with E-state index >= 15 is 0 Å². The van der Waals surface area contributed by atoms with Crippen LogP contribution < -0.4 is 19.5 Å². The predicted octanol–water partition coefficient (Wildman–Crippen LogP) is 2.93. The molecule has 1 fully saturated rings. The number of nitrogens with one attached hydrogen (secondary N) is 1. The van der Waals surface area contributed by atoms with Gasteiger partial charge >= 0.3 is 0 Å². The van der Waals surface area contributed by atoms with Crippen LogP contribution in [0.15, 0.2) is 16.7 Å². The molecule has 28 heavy (non-hydrogen) atoms. The zero-order chi connectivity index (χ0) is 19.2. The predicted molar refractivity (Wildman–Crippen MR) is 109 cm³/mol.